The topological polar surface area (TPSA) is 26.0 Å². The van der Waals surface area contributed by atoms with Crippen LogP contribution in [0.1, 0.15) is 53.4 Å². The fourth-order valence-electron chi connectivity index (χ4n) is 1.24. The molecule has 0 saturated heterocycles. The minimum absolute atomic E-state index is 0.162. The lowest BCUT2D eigenvalue weighted by molar-refractivity contribution is 0.360. The predicted octanol–water partition coefficient (Wildman–Crippen LogP) is 3.50. The summed E-state index contributed by atoms with van der Waals surface area (Å²) in [7, 11) is 0. The molecule has 1 nitrogen and oxygen atoms in total. The van der Waals surface area contributed by atoms with Crippen molar-refractivity contribution in [2.45, 2.75) is 59.4 Å². The van der Waals surface area contributed by atoms with Crippen LogP contribution in [0.3, 0.4) is 0 Å². The first kappa shape index (κ1) is 12.7. The highest BCUT2D eigenvalue weighted by Crippen LogP contribution is 2.22. The summed E-state index contributed by atoms with van der Waals surface area (Å²) in [6.45, 7) is 12.8. The highest BCUT2D eigenvalue weighted by Gasteiger charge is 2.09. The number of nitrogens with two attached hydrogens (primary N) is 1. The molecule has 1 atom stereocenters. The average molecular weight is 183 g/mol. The van der Waals surface area contributed by atoms with Crippen molar-refractivity contribution in [1.82, 2.24) is 0 Å². The molecule has 1 unspecified atom stereocenters. The second-order valence-electron chi connectivity index (χ2n) is 5.21. The third kappa shape index (κ3) is 8.04. The van der Waals surface area contributed by atoms with E-state index in [4.69, 9.17) is 5.73 Å². The van der Waals surface area contributed by atoms with E-state index in [9.17, 15) is 0 Å². The van der Waals surface area contributed by atoms with E-state index in [-0.39, 0.29) is 6.04 Å². The second-order valence-corrected chi connectivity index (χ2v) is 5.21. The van der Waals surface area contributed by atoms with Crippen LogP contribution in [-0.2, 0) is 0 Å². The van der Waals surface area contributed by atoms with Gasteiger partial charge in [-0.25, -0.2) is 0 Å². The molecule has 1 heteroatoms. The first-order valence-electron chi connectivity index (χ1n) is 5.26. The second kappa shape index (κ2) is 5.43. The third-order valence-corrected chi connectivity index (χ3v) is 2.32. The van der Waals surface area contributed by atoms with Gasteiger partial charge >= 0.3 is 0 Å². The van der Waals surface area contributed by atoms with Gasteiger partial charge in [0.25, 0.3) is 0 Å². The van der Waals surface area contributed by atoms with Gasteiger partial charge in [0.15, 0.2) is 0 Å². The summed E-state index contributed by atoms with van der Waals surface area (Å²) in [5, 5.41) is 0. The first-order chi connectivity index (χ1) is 5.83. The smallest absolute Gasteiger partial charge is 0.0222 e. The van der Waals surface area contributed by atoms with Crippen molar-refractivity contribution < 1.29 is 0 Å². The molecule has 0 aromatic heterocycles. The Hall–Kier alpha value is -0.300. The molecule has 2 N–H and O–H groups in total. The number of hydrogen-bond donors (Lipinski definition) is 1. The lowest BCUT2D eigenvalue weighted by atomic mass is 9.89. The lowest BCUT2D eigenvalue weighted by Crippen LogP contribution is -2.17. The maximum Gasteiger partial charge on any atom is 0.0222 e. The molecule has 78 valence electrons. The van der Waals surface area contributed by atoms with Crippen LogP contribution in [0.15, 0.2) is 12.2 Å². The zero-order valence-electron chi connectivity index (χ0n) is 9.69. The minimum Gasteiger partial charge on any atom is -0.324 e. The summed E-state index contributed by atoms with van der Waals surface area (Å²) < 4.78 is 0. The first-order valence-corrected chi connectivity index (χ1v) is 5.26. The van der Waals surface area contributed by atoms with Crippen LogP contribution < -0.4 is 5.73 Å². The molecule has 0 aromatic carbocycles. The van der Waals surface area contributed by atoms with Gasteiger partial charge in [0.1, 0.15) is 0 Å². The van der Waals surface area contributed by atoms with Crippen LogP contribution in [0, 0.1) is 5.41 Å². The molecule has 0 saturated carbocycles. The molecule has 0 heterocycles. The van der Waals surface area contributed by atoms with Gasteiger partial charge in [0, 0.05) is 6.04 Å². The molecule has 0 bridgehead atoms. The van der Waals surface area contributed by atoms with Gasteiger partial charge in [0.05, 0.1) is 0 Å². The van der Waals surface area contributed by atoms with E-state index in [1.165, 1.54) is 24.8 Å². The fraction of sp³-hybridized carbons (Fsp3) is 0.833. The Labute approximate surface area is 83.4 Å². The summed E-state index contributed by atoms with van der Waals surface area (Å²) in [5.74, 6) is 0. The number of hydrogen-bond acceptors (Lipinski definition) is 1. The van der Waals surface area contributed by atoms with Crippen LogP contribution in [0.4, 0.5) is 0 Å². The third-order valence-electron chi connectivity index (χ3n) is 2.32. The van der Waals surface area contributed by atoms with Crippen molar-refractivity contribution in [2.24, 2.45) is 11.1 Å². The highest BCUT2D eigenvalue weighted by atomic mass is 14.6. The van der Waals surface area contributed by atoms with Crippen molar-refractivity contribution in [3.63, 3.8) is 0 Å². The molecular weight excluding hydrogens is 158 g/mol. The molecule has 0 fully saturated rings. The van der Waals surface area contributed by atoms with Gasteiger partial charge in [-0.1, -0.05) is 39.3 Å². The molecule has 0 aromatic rings. The summed E-state index contributed by atoms with van der Waals surface area (Å²) in [5.41, 5.74) is 7.36. The Kier molecular flexibility index (Phi) is 5.31. The van der Waals surface area contributed by atoms with Crippen LogP contribution in [-0.4, -0.2) is 6.04 Å². The predicted molar refractivity (Wildman–Crippen MR) is 60.7 cm³/mol. The van der Waals surface area contributed by atoms with Gasteiger partial charge in [-0.2, -0.15) is 0 Å². The highest BCUT2D eigenvalue weighted by molar-refractivity contribution is 5.01. The van der Waals surface area contributed by atoms with Crippen molar-refractivity contribution in [3.05, 3.63) is 12.2 Å². The fourth-order valence-corrected chi connectivity index (χ4v) is 1.24. The summed E-state index contributed by atoms with van der Waals surface area (Å²) in [4.78, 5) is 0. The van der Waals surface area contributed by atoms with Crippen LogP contribution in [0.25, 0.3) is 0 Å². The SMILES string of the molecule is C=C(CCCCC(C)(C)C)C(C)N. The lowest BCUT2D eigenvalue weighted by Gasteiger charge is -2.18. The van der Waals surface area contributed by atoms with Crippen LogP contribution >= 0.6 is 0 Å². The Bertz CT molecular complexity index is 151. The minimum atomic E-state index is 0.162. The molecule has 0 aliphatic heterocycles. The van der Waals surface area contributed by atoms with E-state index in [1.807, 2.05) is 6.92 Å². The Balaban J connectivity index is 3.42. The van der Waals surface area contributed by atoms with Gasteiger partial charge < -0.3 is 5.73 Å². The molecule has 0 aliphatic rings. The molecule has 0 amide bonds. The van der Waals surface area contributed by atoms with E-state index < -0.39 is 0 Å². The van der Waals surface area contributed by atoms with E-state index in [0.717, 1.165) is 6.42 Å². The Morgan fingerprint density at radius 3 is 2.23 bits per heavy atom. The van der Waals surface area contributed by atoms with Gasteiger partial charge in [-0.05, 0) is 31.6 Å². The summed E-state index contributed by atoms with van der Waals surface area (Å²) in [6, 6.07) is 0.162. The zero-order valence-corrected chi connectivity index (χ0v) is 9.69. The van der Waals surface area contributed by atoms with Gasteiger partial charge in [0.2, 0.25) is 0 Å². The maximum absolute atomic E-state index is 5.70. The molecule has 0 radical (unpaired) electrons. The quantitative estimate of drug-likeness (QED) is 0.512. The van der Waals surface area contributed by atoms with E-state index >= 15 is 0 Å². The summed E-state index contributed by atoms with van der Waals surface area (Å²) >= 11 is 0. The van der Waals surface area contributed by atoms with Gasteiger partial charge in [-0.3, -0.25) is 0 Å². The standard InChI is InChI=1S/C12H25N/c1-10(11(2)13)8-6-7-9-12(3,4)5/h11H,1,6-9,13H2,2-5H3. The van der Waals surface area contributed by atoms with Crippen LogP contribution in [0.5, 0.6) is 0 Å². The van der Waals surface area contributed by atoms with Crippen LogP contribution in [0.2, 0.25) is 0 Å². The molecule has 0 aliphatic carbocycles. The average Bonchev–Trinajstić information content (AvgIpc) is 1.95. The Morgan fingerprint density at radius 2 is 1.85 bits per heavy atom. The molecular formula is C12H25N. The van der Waals surface area contributed by atoms with E-state index in [0.29, 0.717) is 5.41 Å². The van der Waals surface area contributed by atoms with Crippen molar-refractivity contribution in [2.75, 3.05) is 0 Å². The maximum atomic E-state index is 5.70. The van der Waals surface area contributed by atoms with Crippen molar-refractivity contribution in [3.8, 4) is 0 Å². The van der Waals surface area contributed by atoms with Crippen molar-refractivity contribution >= 4 is 0 Å². The van der Waals surface area contributed by atoms with Crippen molar-refractivity contribution in [1.29, 1.82) is 0 Å². The molecule has 0 rings (SSSR count). The van der Waals surface area contributed by atoms with E-state index in [1.54, 1.807) is 0 Å². The van der Waals surface area contributed by atoms with E-state index in [2.05, 4.69) is 27.4 Å². The normalized spacial score (nSPS) is 14.2. The van der Waals surface area contributed by atoms with Gasteiger partial charge in [-0.15, -0.1) is 0 Å². The molecule has 0 spiro atoms. The zero-order chi connectivity index (χ0) is 10.5. The number of unbranched alkanes of at least 4 members (excludes halogenated alkanes) is 1. The molecule has 13 heavy (non-hydrogen) atoms. The summed E-state index contributed by atoms with van der Waals surface area (Å²) in [6.07, 6.45) is 4.90. The Morgan fingerprint density at radius 1 is 1.31 bits per heavy atom. The number of rotatable bonds is 5. The largest absolute Gasteiger partial charge is 0.324 e. The monoisotopic (exact) mass is 183 g/mol.